The SMILES string of the molecule is Cc1cccc(S(=O)(=O)N2CCN(C(C#N)c3ccc(Cl)cc3)CC2)c1. The van der Waals surface area contributed by atoms with Crippen LogP contribution in [0.3, 0.4) is 0 Å². The first kappa shape index (κ1) is 18.9. The highest BCUT2D eigenvalue weighted by Crippen LogP contribution is 2.25. The topological polar surface area (TPSA) is 64.4 Å². The van der Waals surface area contributed by atoms with E-state index >= 15 is 0 Å². The van der Waals surface area contributed by atoms with Gasteiger partial charge >= 0.3 is 0 Å². The van der Waals surface area contributed by atoms with Crippen LogP contribution in [0.5, 0.6) is 0 Å². The lowest BCUT2D eigenvalue weighted by Crippen LogP contribution is -2.49. The third-order valence-corrected chi connectivity index (χ3v) is 6.72. The predicted octanol–water partition coefficient (Wildman–Crippen LogP) is 3.22. The first-order valence-corrected chi connectivity index (χ1v) is 10.2. The van der Waals surface area contributed by atoms with Crippen molar-refractivity contribution in [2.24, 2.45) is 0 Å². The van der Waals surface area contributed by atoms with Gasteiger partial charge in [-0.1, -0.05) is 35.9 Å². The number of hydrogen-bond acceptors (Lipinski definition) is 4. The summed E-state index contributed by atoms with van der Waals surface area (Å²) in [7, 11) is -3.50. The van der Waals surface area contributed by atoms with E-state index in [0.29, 0.717) is 36.1 Å². The molecule has 7 heteroatoms. The second-order valence-corrected chi connectivity index (χ2v) is 8.71. The number of halogens is 1. The van der Waals surface area contributed by atoms with E-state index in [1.807, 2.05) is 30.0 Å². The molecule has 26 heavy (non-hydrogen) atoms. The fourth-order valence-electron chi connectivity index (χ4n) is 3.14. The molecule has 0 N–H and O–H groups in total. The summed E-state index contributed by atoms with van der Waals surface area (Å²) in [5.41, 5.74) is 1.78. The molecule has 1 saturated heterocycles. The molecule has 1 aliphatic heterocycles. The molecule has 3 rings (SSSR count). The minimum atomic E-state index is -3.50. The van der Waals surface area contributed by atoms with Crippen LogP contribution in [0.4, 0.5) is 0 Å². The first-order chi connectivity index (χ1) is 12.4. The van der Waals surface area contributed by atoms with Crippen molar-refractivity contribution in [3.05, 3.63) is 64.7 Å². The van der Waals surface area contributed by atoms with Crippen LogP contribution in [-0.2, 0) is 10.0 Å². The van der Waals surface area contributed by atoms with Crippen LogP contribution in [0.15, 0.2) is 53.4 Å². The monoisotopic (exact) mass is 389 g/mol. The molecule has 0 spiro atoms. The Hall–Kier alpha value is -1.91. The highest BCUT2D eigenvalue weighted by atomic mass is 35.5. The van der Waals surface area contributed by atoms with Gasteiger partial charge in [0.25, 0.3) is 0 Å². The molecule has 2 aromatic carbocycles. The van der Waals surface area contributed by atoms with Gasteiger partial charge in [0.2, 0.25) is 10.0 Å². The van der Waals surface area contributed by atoms with E-state index in [9.17, 15) is 13.7 Å². The minimum Gasteiger partial charge on any atom is -0.282 e. The largest absolute Gasteiger partial charge is 0.282 e. The zero-order valence-electron chi connectivity index (χ0n) is 14.5. The number of hydrogen-bond donors (Lipinski definition) is 0. The van der Waals surface area contributed by atoms with Crippen molar-refractivity contribution in [2.45, 2.75) is 17.9 Å². The maximum absolute atomic E-state index is 12.8. The molecule has 1 unspecified atom stereocenters. The number of nitriles is 1. The van der Waals surface area contributed by atoms with E-state index in [-0.39, 0.29) is 0 Å². The normalized spacial score (nSPS) is 17.6. The second kappa shape index (κ2) is 7.77. The molecule has 136 valence electrons. The summed E-state index contributed by atoms with van der Waals surface area (Å²) in [4.78, 5) is 2.33. The average molecular weight is 390 g/mol. The summed E-state index contributed by atoms with van der Waals surface area (Å²) in [6.45, 7) is 3.61. The van der Waals surface area contributed by atoms with E-state index in [4.69, 9.17) is 11.6 Å². The summed E-state index contributed by atoms with van der Waals surface area (Å²) >= 11 is 5.91. The molecule has 0 saturated carbocycles. The minimum absolute atomic E-state index is 0.320. The smallest absolute Gasteiger partial charge is 0.243 e. The number of nitrogens with zero attached hydrogens (tertiary/aromatic N) is 3. The van der Waals surface area contributed by atoms with Crippen molar-refractivity contribution in [1.29, 1.82) is 5.26 Å². The van der Waals surface area contributed by atoms with Crippen molar-refractivity contribution in [3.63, 3.8) is 0 Å². The van der Waals surface area contributed by atoms with Gasteiger partial charge in [-0.25, -0.2) is 8.42 Å². The molecule has 0 radical (unpaired) electrons. The van der Waals surface area contributed by atoms with E-state index in [2.05, 4.69) is 6.07 Å². The number of rotatable bonds is 4. The quantitative estimate of drug-likeness (QED) is 0.805. The zero-order valence-corrected chi connectivity index (χ0v) is 16.0. The van der Waals surface area contributed by atoms with Gasteiger partial charge in [0.05, 0.1) is 11.0 Å². The number of benzene rings is 2. The van der Waals surface area contributed by atoms with Gasteiger partial charge in [-0.15, -0.1) is 0 Å². The summed E-state index contributed by atoms with van der Waals surface area (Å²) in [6.07, 6.45) is 0. The molecular formula is C19H20ClN3O2S. The molecule has 0 bridgehead atoms. The Morgan fingerprint density at radius 1 is 1.08 bits per heavy atom. The Morgan fingerprint density at radius 3 is 2.31 bits per heavy atom. The van der Waals surface area contributed by atoms with Crippen molar-refractivity contribution in [3.8, 4) is 6.07 Å². The number of piperazine rings is 1. The fraction of sp³-hybridized carbons (Fsp3) is 0.316. The second-order valence-electron chi connectivity index (χ2n) is 6.34. The molecule has 5 nitrogen and oxygen atoms in total. The van der Waals surface area contributed by atoms with Gasteiger partial charge < -0.3 is 0 Å². The summed E-state index contributed by atoms with van der Waals surface area (Å²) in [5, 5.41) is 10.2. The molecule has 1 heterocycles. The van der Waals surface area contributed by atoms with E-state index in [0.717, 1.165) is 11.1 Å². The van der Waals surface area contributed by atoms with Crippen LogP contribution in [0.25, 0.3) is 0 Å². The third kappa shape index (κ3) is 3.92. The van der Waals surface area contributed by atoms with Crippen LogP contribution < -0.4 is 0 Å². The Kier molecular flexibility index (Phi) is 5.64. The third-order valence-electron chi connectivity index (χ3n) is 4.57. The summed E-state index contributed by atoms with van der Waals surface area (Å²) in [5.74, 6) is 0. The average Bonchev–Trinajstić information content (AvgIpc) is 2.64. The molecular weight excluding hydrogens is 370 g/mol. The first-order valence-electron chi connectivity index (χ1n) is 8.38. The molecule has 2 aromatic rings. The molecule has 0 amide bonds. The molecule has 0 aliphatic carbocycles. The molecule has 1 aliphatic rings. The van der Waals surface area contributed by atoms with Gasteiger partial charge in [0.15, 0.2) is 0 Å². The molecule has 1 atom stereocenters. The van der Waals surface area contributed by atoms with Crippen molar-refractivity contribution in [2.75, 3.05) is 26.2 Å². The van der Waals surface area contributed by atoms with Crippen molar-refractivity contribution >= 4 is 21.6 Å². The maximum atomic E-state index is 12.8. The zero-order chi connectivity index (χ0) is 18.7. The van der Waals surface area contributed by atoms with E-state index in [1.54, 1.807) is 30.3 Å². The Morgan fingerprint density at radius 2 is 1.73 bits per heavy atom. The van der Waals surface area contributed by atoms with Crippen molar-refractivity contribution < 1.29 is 8.42 Å². The van der Waals surface area contributed by atoms with Crippen LogP contribution >= 0.6 is 11.6 Å². The van der Waals surface area contributed by atoms with E-state index in [1.165, 1.54) is 4.31 Å². The number of sulfonamides is 1. The Bertz CT molecular complexity index is 915. The maximum Gasteiger partial charge on any atom is 0.243 e. The molecule has 0 aromatic heterocycles. The van der Waals surface area contributed by atoms with Crippen LogP contribution in [0.1, 0.15) is 17.2 Å². The Labute approximate surface area is 159 Å². The van der Waals surface area contributed by atoms with Gasteiger partial charge in [0.1, 0.15) is 6.04 Å². The summed E-state index contributed by atoms with van der Waals surface area (Å²) in [6, 6.07) is 16.1. The van der Waals surface area contributed by atoms with Gasteiger partial charge in [-0.3, -0.25) is 4.90 Å². The number of aryl methyl sites for hydroxylation is 1. The summed E-state index contributed by atoms with van der Waals surface area (Å²) < 4.78 is 27.1. The fourth-order valence-corrected chi connectivity index (χ4v) is 4.79. The lowest BCUT2D eigenvalue weighted by Gasteiger charge is -2.36. The van der Waals surface area contributed by atoms with Crippen molar-refractivity contribution in [1.82, 2.24) is 9.21 Å². The lowest BCUT2D eigenvalue weighted by atomic mass is 10.1. The standard InChI is InChI=1S/C19H20ClN3O2S/c1-15-3-2-4-18(13-15)26(24,25)23-11-9-22(10-12-23)19(14-21)16-5-7-17(20)8-6-16/h2-8,13,19H,9-12H2,1H3. The van der Waals surface area contributed by atoms with Crippen LogP contribution in [0, 0.1) is 18.3 Å². The predicted molar refractivity (Wildman–Crippen MR) is 101 cm³/mol. The highest BCUT2D eigenvalue weighted by molar-refractivity contribution is 7.89. The van der Waals surface area contributed by atoms with E-state index < -0.39 is 16.1 Å². The molecule has 1 fully saturated rings. The lowest BCUT2D eigenvalue weighted by molar-refractivity contribution is 0.162. The van der Waals surface area contributed by atoms with Gasteiger partial charge in [-0.2, -0.15) is 9.57 Å². The highest BCUT2D eigenvalue weighted by Gasteiger charge is 2.31. The van der Waals surface area contributed by atoms with Crippen LogP contribution in [0.2, 0.25) is 5.02 Å². The van der Waals surface area contributed by atoms with Gasteiger partial charge in [0, 0.05) is 31.2 Å². The van der Waals surface area contributed by atoms with Gasteiger partial charge in [-0.05, 0) is 42.3 Å². The van der Waals surface area contributed by atoms with Crippen LogP contribution in [-0.4, -0.2) is 43.8 Å². The Balaban J connectivity index is 1.72.